The lowest BCUT2D eigenvalue weighted by atomic mass is 10.2. The van der Waals surface area contributed by atoms with Gasteiger partial charge >= 0.3 is 0 Å². The van der Waals surface area contributed by atoms with Crippen LogP contribution in [0.1, 0.15) is 18.1 Å². The van der Waals surface area contributed by atoms with Gasteiger partial charge in [-0.1, -0.05) is 0 Å². The van der Waals surface area contributed by atoms with Gasteiger partial charge in [0.05, 0.1) is 12.9 Å². The first-order valence-corrected chi connectivity index (χ1v) is 7.88. The smallest absolute Gasteiger partial charge is 0.212 e. The minimum atomic E-state index is 0.0157. The third-order valence-electron chi connectivity index (χ3n) is 3.33. The molecule has 4 rings (SSSR count). The van der Waals surface area contributed by atoms with E-state index in [9.17, 15) is 0 Å². The quantitative estimate of drug-likeness (QED) is 0.797. The van der Waals surface area contributed by atoms with Crippen LogP contribution in [0.2, 0.25) is 0 Å². The number of rotatable bonds is 4. The van der Waals surface area contributed by atoms with Crippen molar-refractivity contribution >= 4 is 11.8 Å². The fourth-order valence-electron chi connectivity index (χ4n) is 2.33. The Morgan fingerprint density at radius 1 is 1.27 bits per heavy atom. The first-order chi connectivity index (χ1) is 10.8. The number of nitrogens with zero attached hydrogens (tertiary/aromatic N) is 3. The largest absolute Gasteiger partial charge is 0.494 e. The van der Waals surface area contributed by atoms with Crippen LogP contribution in [0.5, 0.6) is 5.75 Å². The summed E-state index contributed by atoms with van der Waals surface area (Å²) in [4.78, 5) is 0. The molecule has 7 heteroatoms. The SMILES string of the molecule is CCOc1ccc(-c2nnc3n2NC(c2ccco2)S3)cc1. The molecule has 1 aliphatic rings. The lowest BCUT2D eigenvalue weighted by molar-refractivity contribution is 0.340. The van der Waals surface area contributed by atoms with E-state index in [1.54, 1.807) is 18.0 Å². The van der Waals surface area contributed by atoms with Gasteiger partial charge in [0, 0.05) is 5.56 Å². The summed E-state index contributed by atoms with van der Waals surface area (Å²) in [7, 11) is 0. The number of thioether (sulfide) groups is 1. The Morgan fingerprint density at radius 3 is 2.86 bits per heavy atom. The second-order valence-electron chi connectivity index (χ2n) is 4.74. The molecule has 0 amide bonds. The minimum absolute atomic E-state index is 0.0157. The highest BCUT2D eigenvalue weighted by molar-refractivity contribution is 7.99. The lowest BCUT2D eigenvalue weighted by Gasteiger charge is -2.09. The van der Waals surface area contributed by atoms with E-state index in [0.29, 0.717) is 6.61 Å². The molecule has 0 bridgehead atoms. The number of furan rings is 1. The Bertz CT molecular complexity index is 767. The summed E-state index contributed by atoms with van der Waals surface area (Å²) in [6.07, 6.45) is 1.67. The van der Waals surface area contributed by atoms with Crippen LogP contribution in [0.25, 0.3) is 11.4 Å². The second-order valence-corrected chi connectivity index (χ2v) is 5.81. The maximum atomic E-state index is 5.46. The predicted molar refractivity (Wildman–Crippen MR) is 83.3 cm³/mol. The Kier molecular flexibility index (Phi) is 3.27. The number of ether oxygens (including phenoxy) is 1. The molecule has 1 unspecified atom stereocenters. The molecule has 0 saturated carbocycles. The van der Waals surface area contributed by atoms with Gasteiger partial charge in [-0.05, 0) is 55.1 Å². The highest BCUT2D eigenvalue weighted by Crippen LogP contribution is 2.40. The lowest BCUT2D eigenvalue weighted by Crippen LogP contribution is -2.13. The van der Waals surface area contributed by atoms with Crippen LogP contribution in [-0.2, 0) is 0 Å². The first-order valence-electron chi connectivity index (χ1n) is 7.00. The predicted octanol–water partition coefficient (Wildman–Crippen LogP) is 3.28. The molecule has 1 atom stereocenters. The molecular weight excluding hydrogens is 300 g/mol. The number of nitrogens with one attached hydrogen (secondary N) is 1. The zero-order valence-corrected chi connectivity index (χ0v) is 12.7. The molecule has 0 spiro atoms. The summed E-state index contributed by atoms with van der Waals surface area (Å²) >= 11 is 1.58. The van der Waals surface area contributed by atoms with Crippen molar-refractivity contribution in [1.29, 1.82) is 0 Å². The fourth-order valence-corrected chi connectivity index (χ4v) is 3.28. The van der Waals surface area contributed by atoms with E-state index >= 15 is 0 Å². The normalized spacial score (nSPS) is 16.3. The van der Waals surface area contributed by atoms with Crippen LogP contribution in [0.4, 0.5) is 0 Å². The van der Waals surface area contributed by atoms with Gasteiger partial charge in [0.1, 0.15) is 11.5 Å². The summed E-state index contributed by atoms with van der Waals surface area (Å²) < 4.78 is 12.8. The summed E-state index contributed by atoms with van der Waals surface area (Å²) in [6.45, 7) is 2.62. The molecule has 2 aromatic heterocycles. The van der Waals surface area contributed by atoms with E-state index in [0.717, 1.165) is 28.1 Å². The van der Waals surface area contributed by atoms with Crippen LogP contribution >= 0.6 is 11.8 Å². The van der Waals surface area contributed by atoms with E-state index in [4.69, 9.17) is 9.15 Å². The molecule has 0 radical (unpaired) electrons. The van der Waals surface area contributed by atoms with E-state index < -0.39 is 0 Å². The van der Waals surface area contributed by atoms with Crippen LogP contribution < -0.4 is 10.2 Å². The summed E-state index contributed by atoms with van der Waals surface area (Å²) in [5.41, 5.74) is 4.34. The van der Waals surface area contributed by atoms with Crippen LogP contribution in [0, 0.1) is 0 Å². The van der Waals surface area contributed by atoms with E-state index in [1.165, 1.54) is 0 Å². The van der Waals surface area contributed by atoms with Gasteiger partial charge < -0.3 is 14.6 Å². The van der Waals surface area contributed by atoms with Crippen molar-refractivity contribution in [3.05, 3.63) is 48.4 Å². The van der Waals surface area contributed by atoms with Crippen molar-refractivity contribution in [2.45, 2.75) is 17.5 Å². The van der Waals surface area contributed by atoms with Crippen molar-refractivity contribution in [2.24, 2.45) is 0 Å². The molecule has 0 aliphatic carbocycles. The third kappa shape index (κ3) is 2.23. The molecule has 3 heterocycles. The molecule has 1 N–H and O–H groups in total. The molecule has 0 fully saturated rings. The Hall–Kier alpha value is -2.41. The van der Waals surface area contributed by atoms with Crippen molar-refractivity contribution in [1.82, 2.24) is 14.9 Å². The van der Waals surface area contributed by atoms with E-state index in [-0.39, 0.29) is 5.37 Å². The van der Waals surface area contributed by atoms with Gasteiger partial charge in [-0.2, -0.15) is 0 Å². The van der Waals surface area contributed by atoms with Gasteiger partial charge in [0.15, 0.2) is 11.2 Å². The van der Waals surface area contributed by atoms with Gasteiger partial charge in [-0.15, -0.1) is 10.2 Å². The standard InChI is InChI=1S/C15H14N4O2S/c1-2-20-11-7-5-10(6-8-11)13-16-17-15-19(13)18-14(22-15)12-4-3-9-21-12/h3-9,14,18H,2H2,1H3. The monoisotopic (exact) mass is 314 g/mol. The zero-order chi connectivity index (χ0) is 14.9. The maximum Gasteiger partial charge on any atom is 0.212 e. The second kappa shape index (κ2) is 5.42. The molecule has 1 aromatic carbocycles. The summed E-state index contributed by atoms with van der Waals surface area (Å²) in [5.74, 6) is 2.50. The van der Waals surface area contributed by atoms with Gasteiger partial charge in [0.25, 0.3) is 0 Å². The van der Waals surface area contributed by atoms with Crippen LogP contribution in [0.3, 0.4) is 0 Å². The van der Waals surface area contributed by atoms with Crippen LogP contribution in [-0.4, -0.2) is 21.5 Å². The van der Waals surface area contributed by atoms with Crippen molar-refractivity contribution in [2.75, 3.05) is 12.0 Å². The van der Waals surface area contributed by atoms with E-state index in [2.05, 4.69) is 15.6 Å². The van der Waals surface area contributed by atoms with Crippen molar-refractivity contribution in [3.63, 3.8) is 0 Å². The molecule has 0 saturated heterocycles. The van der Waals surface area contributed by atoms with Crippen LogP contribution in [0.15, 0.2) is 52.2 Å². The van der Waals surface area contributed by atoms with Gasteiger partial charge in [-0.25, -0.2) is 4.68 Å². The van der Waals surface area contributed by atoms with Gasteiger partial charge in [-0.3, -0.25) is 0 Å². The minimum Gasteiger partial charge on any atom is -0.494 e. The molecule has 22 heavy (non-hydrogen) atoms. The Labute approximate surface area is 131 Å². The zero-order valence-electron chi connectivity index (χ0n) is 11.9. The molecule has 112 valence electrons. The summed E-state index contributed by atoms with van der Waals surface area (Å²) in [5, 5.41) is 9.33. The summed E-state index contributed by atoms with van der Waals surface area (Å²) in [6, 6.07) is 11.7. The maximum absolute atomic E-state index is 5.46. The third-order valence-corrected chi connectivity index (χ3v) is 4.38. The number of fused-ring (bicyclic) bond motifs is 1. The first kappa shape index (κ1) is 13.3. The highest BCUT2D eigenvalue weighted by atomic mass is 32.2. The number of hydrogen-bond acceptors (Lipinski definition) is 6. The Balaban J connectivity index is 1.61. The van der Waals surface area contributed by atoms with Gasteiger partial charge in [0.2, 0.25) is 5.16 Å². The van der Waals surface area contributed by atoms with E-state index in [1.807, 2.05) is 48.0 Å². The molecule has 1 aliphatic heterocycles. The Morgan fingerprint density at radius 2 is 2.14 bits per heavy atom. The average molecular weight is 314 g/mol. The fraction of sp³-hybridized carbons (Fsp3) is 0.200. The number of hydrogen-bond donors (Lipinski definition) is 1. The molecule has 6 nitrogen and oxygen atoms in total. The number of benzene rings is 1. The molecule has 3 aromatic rings. The van der Waals surface area contributed by atoms with Crippen molar-refractivity contribution < 1.29 is 9.15 Å². The topological polar surface area (TPSA) is 65.1 Å². The molecular formula is C15H14N4O2S. The van der Waals surface area contributed by atoms with Crippen molar-refractivity contribution in [3.8, 4) is 17.1 Å². The number of aromatic nitrogens is 3. The average Bonchev–Trinajstić information content (AvgIpc) is 3.24. The highest BCUT2D eigenvalue weighted by Gasteiger charge is 2.29.